The van der Waals surface area contributed by atoms with E-state index in [1.54, 1.807) is 6.92 Å². The van der Waals surface area contributed by atoms with E-state index in [-0.39, 0.29) is 6.04 Å². The number of piperidine rings is 1. The molecule has 0 unspecified atom stereocenters. The molecule has 1 aliphatic rings. The van der Waals surface area contributed by atoms with Crippen molar-refractivity contribution in [1.82, 2.24) is 20.0 Å². The molecule has 0 radical (unpaired) electrons. The van der Waals surface area contributed by atoms with E-state index >= 15 is 0 Å². The molecule has 2 rings (SSSR count). The van der Waals surface area contributed by atoms with Crippen molar-refractivity contribution in [3.05, 3.63) is 24.3 Å². The van der Waals surface area contributed by atoms with Gasteiger partial charge in [-0.15, -0.1) is 0 Å². The monoisotopic (exact) mass is 270 g/mol. The summed E-state index contributed by atoms with van der Waals surface area (Å²) in [4.78, 5) is 7.94. The van der Waals surface area contributed by atoms with Crippen LogP contribution in [-0.4, -0.2) is 37.5 Å². The molecule has 0 amide bonds. The van der Waals surface area contributed by atoms with Crippen LogP contribution in [0.1, 0.15) is 30.7 Å². The number of nitrogens with one attached hydrogen (secondary N) is 2. The van der Waals surface area contributed by atoms with Gasteiger partial charge in [0.05, 0.1) is 5.69 Å². The van der Waals surface area contributed by atoms with E-state index in [9.17, 15) is 8.42 Å². The van der Waals surface area contributed by atoms with Gasteiger partial charge in [0.15, 0.2) is 0 Å². The molecule has 18 heavy (non-hydrogen) atoms. The summed E-state index contributed by atoms with van der Waals surface area (Å²) in [7, 11) is -3.41. The number of rotatable bonds is 4. The molecule has 1 aromatic heterocycles. The highest BCUT2D eigenvalue weighted by Crippen LogP contribution is 2.18. The maximum Gasteiger partial charge on any atom is 0.220 e. The summed E-state index contributed by atoms with van der Waals surface area (Å²) >= 11 is 0. The van der Waals surface area contributed by atoms with Crippen LogP contribution < -0.4 is 10.0 Å². The maximum absolute atomic E-state index is 12.2. The summed E-state index contributed by atoms with van der Waals surface area (Å²) in [5.74, 6) is 0. The quantitative estimate of drug-likeness (QED) is 0.817. The van der Waals surface area contributed by atoms with Crippen molar-refractivity contribution in [3.8, 4) is 0 Å². The first-order valence-corrected chi connectivity index (χ1v) is 7.62. The Kier molecular flexibility index (Phi) is 4.26. The number of hydrogen-bond acceptors (Lipinski definition) is 5. The smallest absolute Gasteiger partial charge is 0.220 e. The average Bonchev–Trinajstić information content (AvgIpc) is 2.39. The van der Waals surface area contributed by atoms with Gasteiger partial charge in [-0.25, -0.2) is 13.1 Å². The lowest BCUT2D eigenvalue weighted by molar-refractivity contribution is 0.427. The van der Waals surface area contributed by atoms with Gasteiger partial charge in [0.1, 0.15) is 5.25 Å². The Hall–Kier alpha value is -1.05. The van der Waals surface area contributed by atoms with Gasteiger partial charge in [-0.3, -0.25) is 9.97 Å². The fourth-order valence-corrected chi connectivity index (χ4v) is 3.28. The van der Waals surface area contributed by atoms with Crippen LogP contribution in [0.5, 0.6) is 0 Å². The van der Waals surface area contributed by atoms with Gasteiger partial charge < -0.3 is 5.32 Å². The average molecular weight is 270 g/mol. The first kappa shape index (κ1) is 13.4. The van der Waals surface area contributed by atoms with E-state index in [0.717, 1.165) is 19.4 Å². The van der Waals surface area contributed by atoms with Crippen LogP contribution in [-0.2, 0) is 10.0 Å². The van der Waals surface area contributed by atoms with Crippen molar-refractivity contribution >= 4 is 10.0 Å². The maximum atomic E-state index is 12.2. The highest BCUT2D eigenvalue weighted by Gasteiger charge is 2.27. The summed E-state index contributed by atoms with van der Waals surface area (Å²) in [6.07, 6.45) is 6.39. The van der Waals surface area contributed by atoms with Gasteiger partial charge in [0, 0.05) is 31.2 Å². The molecule has 0 aliphatic carbocycles. The van der Waals surface area contributed by atoms with Crippen molar-refractivity contribution in [3.63, 3.8) is 0 Å². The minimum atomic E-state index is -3.41. The Balaban J connectivity index is 2.06. The Bertz CT molecular complexity index is 471. The number of aromatic nitrogens is 2. The van der Waals surface area contributed by atoms with Gasteiger partial charge in [-0.05, 0) is 26.3 Å². The van der Waals surface area contributed by atoms with Crippen molar-refractivity contribution in [2.45, 2.75) is 31.1 Å². The van der Waals surface area contributed by atoms with Gasteiger partial charge in [0.2, 0.25) is 10.0 Å². The first-order valence-electron chi connectivity index (χ1n) is 6.07. The zero-order valence-electron chi connectivity index (χ0n) is 10.3. The van der Waals surface area contributed by atoms with Crippen molar-refractivity contribution in [2.24, 2.45) is 0 Å². The van der Waals surface area contributed by atoms with Crippen LogP contribution in [0.25, 0.3) is 0 Å². The van der Waals surface area contributed by atoms with Crippen LogP contribution in [0.15, 0.2) is 18.6 Å². The molecular formula is C11H18N4O2S. The molecule has 1 saturated heterocycles. The second kappa shape index (κ2) is 5.73. The Labute approximate surface area is 107 Å². The third kappa shape index (κ3) is 3.24. The molecule has 1 aliphatic heterocycles. The molecule has 2 heterocycles. The SMILES string of the molecule is C[C@H](c1cnccn1)S(=O)(=O)N[C@H]1CCCNC1. The lowest BCUT2D eigenvalue weighted by Gasteiger charge is -2.25. The lowest BCUT2D eigenvalue weighted by Crippen LogP contribution is -2.46. The summed E-state index contributed by atoms with van der Waals surface area (Å²) in [5, 5.41) is 2.49. The second-order valence-electron chi connectivity index (χ2n) is 4.48. The lowest BCUT2D eigenvalue weighted by atomic mass is 10.1. The molecule has 100 valence electrons. The topological polar surface area (TPSA) is 84.0 Å². The molecule has 0 saturated carbocycles. The second-order valence-corrected chi connectivity index (χ2v) is 6.51. The number of hydrogen-bond donors (Lipinski definition) is 2. The van der Waals surface area contributed by atoms with Crippen LogP contribution in [0.3, 0.4) is 0 Å². The van der Waals surface area contributed by atoms with Gasteiger partial charge >= 0.3 is 0 Å². The zero-order chi connectivity index (χ0) is 13.0. The Morgan fingerprint density at radius 3 is 2.94 bits per heavy atom. The molecule has 1 fully saturated rings. The van der Waals surface area contributed by atoms with E-state index in [0.29, 0.717) is 12.2 Å². The summed E-state index contributed by atoms with van der Waals surface area (Å²) < 4.78 is 27.1. The third-order valence-corrected chi connectivity index (χ3v) is 4.93. The van der Waals surface area contributed by atoms with Gasteiger partial charge in [-0.2, -0.15) is 0 Å². The predicted octanol–water partition coefficient (Wildman–Crippen LogP) is 0.209. The van der Waals surface area contributed by atoms with E-state index < -0.39 is 15.3 Å². The molecule has 2 N–H and O–H groups in total. The van der Waals surface area contributed by atoms with E-state index in [1.165, 1.54) is 18.6 Å². The minimum absolute atomic E-state index is 0.0251. The van der Waals surface area contributed by atoms with E-state index in [2.05, 4.69) is 20.0 Å². The zero-order valence-corrected chi connectivity index (χ0v) is 11.2. The fourth-order valence-electron chi connectivity index (χ4n) is 1.97. The Morgan fingerprint density at radius 2 is 2.33 bits per heavy atom. The van der Waals surface area contributed by atoms with E-state index in [1.807, 2.05) is 0 Å². The molecule has 1 aromatic rings. The largest absolute Gasteiger partial charge is 0.315 e. The molecule has 0 spiro atoms. The predicted molar refractivity (Wildman–Crippen MR) is 68.4 cm³/mol. The summed E-state index contributed by atoms with van der Waals surface area (Å²) in [6, 6.07) is -0.0251. The highest BCUT2D eigenvalue weighted by atomic mass is 32.2. The molecule has 0 aromatic carbocycles. The Morgan fingerprint density at radius 1 is 1.50 bits per heavy atom. The van der Waals surface area contributed by atoms with Crippen LogP contribution in [0.2, 0.25) is 0 Å². The standard InChI is InChI=1S/C11H18N4O2S/c1-9(11-8-13-5-6-14-11)18(16,17)15-10-3-2-4-12-7-10/h5-6,8-10,12,15H,2-4,7H2,1H3/t9-,10+/m1/s1. The van der Waals surface area contributed by atoms with Crippen LogP contribution in [0, 0.1) is 0 Å². The molecular weight excluding hydrogens is 252 g/mol. The highest BCUT2D eigenvalue weighted by molar-refractivity contribution is 7.89. The van der Waals surface area contributed by atoms with Crippen LogP contribution >= 0.6 is 0 Å². The normalized spacial score (nSPS) is 22.6. The van der Waals surface area contributed by atoms with Crippen molar-refractivity contribution in [1.29, 1.82) is 0 Å². The van der Waals surface area contributed by atoms with E-state index in [4.69, 9.17) is 0 Å². The summed E-state index contributed by atoms with van der Waals surface area (Å²) in [6.45, 7) is 3.27. The van der Waals surface area contributed by atoms with Crippen molar-refractivity contribution < 1.29 is 8.42 Å². The van der Waals surface area contributed by atoms with Gasteiger partial charge in [-0.1, -0.05) is 0 Å². The van der Waals surface area contributed by atoms with Crippen LogP contribution in [0.4, 0.5) is 0 Å². The number of sulfonamides is 1. The minimum Gasteiger partial charge on any atom is -0.315 e. The molecule has 6 nitrogen and oxygen atoms in total. The fraction of sp³-hybridized carbons (Fsp3) is 0.636. The molecule has 0 bridgehead atoms. The molecule has 7 heteroatoms. The summed E-state index contributed by atoms with van der Waals surface area (Å²) in [5.41, 5.74) is 0.466. The first-order chi connectivity index (χ1) is 8.59. The van der Waals surface area contributed by atoms with Gasteiger partial charge in [0.25, 0.3) is 0 Å². The number of nitrogens with zero attached hydrogens (tertiary/aromatic N) is 2. The van der Waals surface area contributed by atoms with Crippen molar-refractivity contribution in [2.75, 3.05) is 13.1 Å². The third-order valence-electron chi connectivity index (χ3n) is 3.09. The molecule has 2 atom stereocenters.